The Labute approximate surface area is 195 Å². The maximum absolute atomic E-state index is 13.6. The second kappa shape index (κ2) is 9.27. The number of nitrogens with zero attached hydrogens (tertiary/aromatic N) is 2. The number of thiophene rings is 1. The number of rotatable bonds is 6. The zero-order chi connectivity index (χ0) is 23.7. The van der Waals surface area contributed by atoms with Crippen molar-refractivity contribution in [3.05, 3.63) is 81.5 Å². The molecule has 1 atom stereocenters. The quantitative estimate of drug-likeness (QED) is 0.366. The summed E-state index contributed by atoms with van der Waals surface area (Å²) in [5.41, 5.74) is 3.00. The van der Waals surface area contributed by atoms with Crippen molar-refractivity contribution < 1.29 is 9.18 Å². The molecule has 0 aliphatic carbocycles. The Morgan fingerprint density at radius 1 is 1.15 bits per heavy atom. The van der Waals surface area contributed by atoms with Crippen molar-refractivity contribution in [2.75, 3.05) is 5.32 Å². The number of hydrogen-bond donors (Lipinski definition) is 1. The van der Waals surface area contributed by atoms with Crippen LogP contribution in [0.1, 0.15) is 49.6 Å². The van der Waals surface area contributed by atoms with Gasteiger partial charge in [-0.3, -0.25) is 14.2 Å². The Hall–Kier alpha value is -3.32. The molecule has 4 rings (SSSR count). The van der Waals surface area contributed by atoms with Gasteiger partial charge in [0.2, 0.25) is 5.91 Å². The maximum Gasteiger partial charge on any atom is 0.263 e. The number of carbonyl (C=O) groups excluding carboxylic acids is 1. The third-order valence-electron chi connectivity index (χ3n) is 5.81. The summed E-state index contributed by atoms with van der Waals surface area (Å²) in [4.78, 5) is 32.9. The van der Waals surface area contributed by atoms with Gasteiger partial charge in [-0.25, -0.2) is 9.37 Å². The van der Waals surface area contributed by atoms with E-state index in [1.165, 1.54) is 34.4 Å². The van der Waals surface area contributed by atoms with Crippen molar-refractivity contribution in [2.45, 2.75) is 46.1 Å². The van der Waals surface area contributed by atoms with Crippen LogP contribution in [0.25, 0.3) is 21.3 Å². The molecule has 0 aliphatic rings. The number of amides is 1. The van der Waals surface area contributed by atoms with Crippen LogP contribution in [-0.4, -0.2) is 15.5 Å². The first-order valence-electron chi connectivity index (χ1n) is 11.0. The largest absolute Gasteiger partial charge is 0.324 e. The van der Waals surface area contributed by atoms with Gasteiger partial charge < -0.3 is 5.32 Å². The van der Waals surface area contributed by atoms with Crippen molar-refractivity contribution >= 4 is 33.1 Å². The predicted molar refractivity (Wildman–Crippen MR) is 132 cm³/mol. The fourth-order valence-corrected chi connectivity index (χ4v) is 5.14. The minimum atomic E-state index is -0.712. The van der Waals surface area contributed by atoms with Crippen molar-refractivity contribution in [3.8, 4) is 11.1 Å². The van der Waals surface area contributed by atoms with Gasteiger partial charge in [0.25, 0.3) is 5.56 Å². The van der Waals surface area contributed by atoms with Gasteiger partial charge in [0.1, 0.15) is 16.7 Å². The lowest BCUT2D eigenvalue weighted by Gasteiger charge is -2.20. The summed E-state index contributed by atoms with van der Waals surface area (Å²) in [5.74, 6) is -0.352. The number of aryl methyl sites for hydroxylation is 1. The second-order valence-electron chi connectivity index (χ2n) is 8.33. The number of fused-ring (bicyclic) bond motifs is 1. The highest BCUT2D eigenvalue weighted by Crippen LogP contribution is 2.36. The second-order valence-corrected chi connectivity index (χ2v) is 9.54. The van der Waals surface area contributed by atoms with Gasteiger partial charge in [-0.05, 0) is 48.6 Å². The standard InChI is InChI=1S/C26H26FN3O2S/c1-5-21(24(31)29-20-9-7-6-8-19(20)15(2)3)30-14-28-25-23(26(30)32)22(16(4)33-25)17-10-12-18(27)13-11-17/h6-15,21H,5H2,1-4H3,(H,29,31). The molecule has 0 saturated carbocycles. The topological polar surface area (TPSA) is 64.0 Å². The first-order chi connectivity index (χ1) is 15.8. The fourth-order valence-electron chi connectivity index (χ4n) is 4.14. The summed E-state index contributed by atoms with van der Waals surface area (Å²) in [6.07, 6.45) is 1.88. The van der Waals surface area contributed by atoms with E-state index in [1.54, 1.807) is 12.1 Å². The summed E-state index contributed by atoms with van der Waals surface area (Å²) in [6, 6.07) is 13.1. The van der Waals surface area contributed by atoms with Crippen LogP contribution < -0.4 is 10.9 Å². The summed E-state index contributed by atoms with van der Waals surface area (Å²) >= 11 is 1.42. The number of nitrogens with one attached hydrogen (secondary N) is 1. The number of anilines is 1. The zero-order valence-corrected chi connectivity index (χ0v) is 19.9. The number of aromatic nitrogens is 2. The van der Waals surface area contributed by atoms with Gasteiger partial charge in [0.05, 0.1) is 11.7 Å². The molecule has 0 aliphatic heterocycles. The van der Waals surface area contributed by atoms with Gasteiger partial charge in [0.15, 0.2) is 0 Å². The minimum absolute atomic E-state index is 0.245. The fraction of sp³-hybridized carbons (Fsp3) is 0.269. The molecule has 1 amide bonds. The molecule has 0 radical (unpaired) electrons. The van der Waals surface area contributed by atoms with E-state index < -0.39 is 6.04 Å². The van der Waals surface area contributed by atoms with E-state index in [9.17, 15) is 14.0 Å². The molecule has 5 nitrogen and oxygen atoms in total. The summed E-state index contributed by atoms with van der Waals surface area (Å²) in [7, 11) is 0. The van der Waals surface area contributed by atoms with Crippen LogP contribution in [0.5, 0.6) is 0 Å². The van der Waals surface area contributed by atoms with Gasteiger partial charge in [-0.1, -0.05) is 51.1 Å². The minimum Gasteiger partial charge on any atom is -0.324 e. The number of carbonyl (C=O) groups is 1. The summed E-state index contributed by atoms with van der Waals surface area (Å²) < 4.78 is 14.9. The lowest BCUT2D eigenvalue weighted by Crippen LogP contribution is -2.33. The number of halogens is 1. The van der Waals surface area contributed by atoms with Crippen molar-refractivity contribution in [1.82, 2.24) is 9.55 Å². The maximum atomic E-state index is 13.6. The number of hydrogen-bond acceptors (Lipinski definition) is 4. The molecule has 2 heterocycles. The SMILES string of the molecule is CCC(C(=O)Nc1ccccc1C(C)C)n1cnc2sc(C)c(-c3ccc(F)cc3)c2c1=O. The molecule has 2 aromatic carbocycles. The molecule has 0 spiro atoms. The molecule has 0 fully saturated rings. The van der Waals surface area contributed by atoms with Crippen LogP contribution in [0.15, 0.2) is 59.7 Å². The normalized spacial score (nSPS) is 12.3. The molecule has 1 unspecified atom stereocenters. The molecule has 7 heteroatoms. The first kappa shape index (κ1) is 22.9. The van der Waals surface area contributed by atoms with Crippen LogP contribution in [-0.2, 0) is 4.79 Å². The van der Waals surface area contributed by atoms with Crippen LogP contribution >= 0.6 is 11.3 Å². The third kappa shape index (κ3) is 4.33. The van der Waals surface area contributed by atoms with Crippen LogP contribution in [0, 0.1) is 12.7 Å². The highest BCUT2D eigenvalue weighted by molar-refractivity contribution is 7.19. The summed E-state index contributed by atoms with van der Waals surface area (Å²) in [5, 5.41) is 3.47. The van der Waals surface area contributed by atoms with Gasteiger partial charge in [-0.2, -0.15) is 0 Å². The lowest BCUT2D eigenvalue weighted by molar-refractivity contribution is -0.119. The Kier molecular flexibility index (Phi) is 6.42. The van der Waals surface area contributed by atoms with Crippen LogP contribution in [0.3, 0.4) is 0 Å². The van der Waals surface area contributed by atoms with E-state index in [0.717, 1.165) is 27.3 Å². The Morgan fingerprint density at radius 3 is 2.52 bits per heavy atom. The summed E-state index contributed by atoms with van der Waals surface area (Å²) in [6.45, 7) is 7.93. The number of benzene rings is 2. The molecule has 33 heavy (non-hydrogen) atoms. The van der Waals surface area contributed by atoms with E-state index in [4.69, 9.17) is 0 Å². The van der Waals surface area contributed by atoms with Crippen molar-refractivity contribution in [3.63, 3.8) is 0 Å². The molecule has 170 valence electrons. The predicted octanol–water partition coefficient (Wildman–Crippen LogP) is 6.29. The number of para-hydroxylation sites is 1. The van der Waals surface area contributed by atoms with E-state index >= 15 is 0 Å². The molecular formula is C26H26FN3O2S. The Bertz CT molecular complexity index is 1370. The lowest BCUT2D eigenvalue weighted by atomic mass is 10.0. The Morgan fingerprint density at radius 2 is 1.85 bits per heavy atom. The first-order valence-corrected chi connectivity index (χ1v) is 11.8. The zero-order valence-electron chi connectivity index (χ0n) is 19.1. The van der Waals surface area contributed by atoms with E-state index in [1.807, 2.05) is 38.1 Å². The van der Waals surface area contributed by atoms with E-state index in [-0.39, 0.29) is 23.2 Å². The average molecular weight is 464 g/mol. The highest BCUT2D eigenvalue weighted by atomic mass is 32.1. The molecule has 2 aromatic heterocycles. The monoisotopic (exact) mass is 463 g/mol. The van der Waals surface area contributed by atoms with E-state index in [2.05, 4.69) is 24.1 Å². The highest BCUT2D eigenvalue weighted by Gasteiger charge is 2.24. The van der Waals surface area contributed by atoms with Crippen LogP contribution in [0.2, 0.25) is 0 Å². The molecule has 0 bridgehead atoms. The Balaban J connectivity index is 1.78. The smallest absolute Gasteiger partial charge is 0.263 e. The van der Waals surface area contributed by atoms with Gasteiger partial charge >= 0.3 is 0 Å². The molecule has 1 N–H and O–H groups in total. The molecule has 4 aromatic rings. The van der Waals surface area contributed by atoms with Crippen LogP contribution in [0.4, 0.5) is 10.1 Å². The van der Waals surface area contributed by atoms with E-state index in [0.29, 0.717) is 16.6 Å². The van der Waals surface area contributed by atoms with Crippen molar-refractivity contribution in [1.29, 1.82) is 0 Å². The van der Waals surface area contributed by atoms with Gasteiger partial charge in [0, 0.05) is 16.1 Å². The average Bonchev–Trinajstić information content (AvgIpc) is 3.13. The molecular weight excluding hydrogens is 437 g/mol. The molecule has 0 saturated heterocycles. The van der Waals surface area contributed by atoms with Crippen molar-refractivity contribution in [2.24, 2.45) is 0 Å². The third-order valence-corrected chi connectivity index (χ3v) is 6.83. The van der Waals surface area contributed by atoms with Gasteiger partial charge in [-0.15, -0.1) is 11.3 Å².